The van der Waals surface area contributed by atoms with Crippen LogP contribution in [-0.2, 0) is 13.7 Å². The molecule has 154 valence electrons. The highest BCUT2D eigenvalue weighted by atomic mass is 16.5. The van der Waals surface area contributed by atoms with Gasteiger partial charge in [-0.2, -0.15) is 9.36 Å². The molecular formula is C23H20N6O2. The summed E-state index contributed by atoms with van der Waals surface area (Å²) in [6.07, 6.45) is 0. The van der Waals surface area contributed by atoms with E-state index in [2.05, 4.69) is 20.3 Å². The Kier molecular flexibility index (Phi) is 5.33. The number of tetrazole rings is 1. The van der Waals surface area contributed by atoms with E-state index in [1.165, 1.54) is 9.36 Å². The first kappa shape index (κ1) is 20.0. The van der Waals surface area contributed by atoms with Crippen LogP contribution < -0.4 is 10.4 Å². The monoisotopic (exact) mass is 412 g/mol. The molecule has 0 aliphatic rings. The summed E-state index contributed by atoms with van der Waals surface area (Å²) in [7, 11) is 1.56. The molecule has 4 aromatic rings. The largest absolute Gasteiger partial charge is 0.489 e. The predicted octanol–water partition coefficient (Wildman–Crippen LogP) is 3.77. The summed E-state index contributed by atoms with van der Waals surface area (Å²) in [5.41, 5.74) is 4.78. The average molecular weight is 412 g/mol. The molecular weight excluding hydrogens is 392 g/mol. The van der Waals surface area contributed by atoms with Crippen LogP contribution in [0.1, 0.15) is 16.7 Å². The fraction of sp³-hybridized carbons (Fsp3) is 0.174. The number of ether oxygens (including phenoxy) is 1. The van der Waals surface area contributed by atoms with Crippen LogP contribution in [0.4, 0.5) is 5.82 Å². The lowest BCUT2D eigenvalue weighted by atomic mass is 10.1. The lowest BCUT2D eigenvalue weighted by Gasteiger charge is -2.14. The van der Waals surface area contributed by atoms with Crippen LogP contribution in [0.5, 0.6) is 5.75 Å². The number of hydrogen-bond donors (Lipinski definition) is 0. The molecule has 0 atom stereocenters. The summed E-state index contributed by atoms with van der Waals surface area (Å²) in [4.78, 5) is 20.1. The van der Waals surface area contributed by atoms with Gasteiger partial charge in [0.15, 0.2) is 5.69 Å². The summed E-state index contributed by atoms with van der Waals surface area (Å²) >= 11 is 0. The normalized spacial score (nSPS) is 10.6. The average Bonchev–Trinajstić information content (AvgIpc) is 3.11. The molecule has 0 amide bonds. The van der Waals surface area contributed by atoms with Gasteiger partial charge >= 0.3 is 5.69 Å². The number of benzene rings is 2. The van der Waals surface area contributed by atoms with Crippen LogP contribution in [-0.4, -0.2) is 24.8 Å². The van der Waals surface area contributed by atoms with Crippen LogP contribution in [0.2, 0.25) is 0 Å². The topological polar surface area (TPSA) is 79.2 Å². The van der Waals surface area contributed by atoms with E-state index in [0.29, 0.717) is 11.5 Å². The molecule has 0 spiro atoms. The van der Waals surface area contributed by atoms with Crippen LogP contribution in [0.25, 0.3) is 21.8 Å². The van der Waals surface area contributed by atoms with E-state index in [4.69, 9.17) is 11.3 Å². The summed E-state index contributed by atoms with van der Waals surface area (Å²) < 4.78 is 8.57. The van der Waals surface area contributed by atoms with Crippen molar-refractivity contribution in [2.75, 3.05) is 0 Å². The first-order chi connectivity index (χ1) is 15.0. The van der Waals surface area contributed by atoms with Crippen LogP contribution in [0.3, 0.4) is 0 Å². The molecule has 31 heavy (non-hydrogen) atoms. The van der Waals surface area contributed by atoms with Gasteiger partial charge < -0.3 is 9.58 Å². The molecule has 0 fully saturated rings. The van der Waals surface area contributed by atoms with Crippen molar-refractivity contribution in [2.24, 2.45) is 7.05 Å². The van der Waals surface area contributed by atoms with Gasteiger partial charge in [-0.25, -0.2) is 4.79 Å². The molecule has 0 aliphatic heterocycles. The fourth-order valence-corrected chi connectivity index (χ4v) is 3.30. The molecule has 0 aliphatic carbocycles. The van der Waals surface area contributed by atoms with Crippen molar-refractivity contribution in [1.82, 2.24) is 24.8 Å². The predicted molar refractivity (Wildman–Crippen MR) is 116 cm³/mol. The first-order valence-corrected chi connectivity index (χ1v) is 9.64. The molecule has 0 bridgehead atoms. The highest BCUT2D eigenvalue weighted by molar-refractivity contribution is 5.64. The minimum absolute atomic E-state index is 0.274. The van der Waals surface area contributed by atoms with Crippen LogP contribution in [0, 0.1) is 20.4 Å². The summed E-state index contributed by atoms with van der Waals surface area (Å²) in [6, 6.07) is 16.8. The minimum Gasteiger partial charge on any atom is -0.489 e. The van der Waals surface area contributed by atoms with Crippen molar-refractivity contribution in [3.63, 3.8) is 0 Å². The number of nitrogens with zero attached hydrogens (tertiary/aromatic N) is 6. The Balaban J connectivity index is 1.61. The summed E-state index contributed by atoms with van der Waals surface area (Å²) in [6.45, 7) is 11.3. The Morgan fingerprint density at radius 2 is 1.84 bits per heavy atom. The lowest BCUT2D eigenvalue weighted by molar-refractivity contribution is 0.302. The maximum absolute atomic E-state index is 12.3. The smallest absolute Gasteiger partial charge is 0.368 e. The summed E-state index contributed by atoms with van der Waals surface area (Å²) in [5, 5.41) is 7.75. The van der Waals surface area contributed by atoms with Crippen LogP contribution in [0.15, 0.2) is 59.4 Å². The van der Waals surface area contributed by atoms with Crippen molar-refractivity contribution < 1.29 is 4.74 Å². The number of pyridine rings is 1. The number of rotatable bonds is 5. The van der Waals surface area contributed by atoms with E-state index < -0.39 is 0 Å². The lowest BCUT2D eigenvalue weighted by Crippen LogP contribution is -2.23. The molecule has 0 N–H and O–H groups in total. The third-order valence-corrected chi connectivity index (χ3v) is 5.03. The van der Waals surface area contributed by atoms with Gasteiger partial charge in [-0.05, 0) is 71.8 Å². The van der Waals surface area contributed by atoms with Crippen LogP contribution >= 0.6 is 0 Å². The van der Waals surface area contributed by atoms with Crippen molar-refractivity contribution >= 4 is 5.82 Å². The van der Waals surface area contributed by atoms with E-state index in [0.717, 1.165) is 33.7 Å². The molecule has 8 nitrogen and oxygen atoms in total. The zero-order valence-corrected chi connectivity index (χ0v) is 17.4. The van der Waals surface area contributed by atoms with Gasteiger partial charge in [-0.15, -0.1) is 4.98 Å². The Morgan fingerprint density at radius 3 is 2.55 bits per heavy atom. The maximum atomic E-state index is 12.3. The second-order valence-electron chi connectivity index (χ2n) is 7.13. The van der Waals surface area contributed by atoms with Gasteiger partial charge in [-0.1, -0.05) is 24.8 Å². The molecule has 0 radical (unpaired) electrons. The third-order valence-electron chi connectivity index (χ3n) is 5.03. The van der Waals surface area contributed by atoms with E-state index in [-0.39, 0.29) is 12.3 Å². The second kappa shape index (κ2) is 8.24. The van der Waals surface area contributed by atoms with Gasteiger partial charge in [0, 0.05) is 18.2 Å². The zero-order chi connectivity index (χ0) is 22.0. The number of aryl methyl sites for hydroxylation is 3. The molecule has 2 heterocycles. The summed E-state index contributed by atoms with van der Waals surface area (Å²) in [5.74, 6) is 1.09. The number of hydrogen-bond acceptors (Lipinski definition) is 5. The molecule has 2 aromatic carbocycles. The van der Waals surface area contributed by atoms with E-state index in [1.807, 2.05) is 62.4 Å². The van der Waals surface area contributed by atoms with E-state index in [9.17, 15) is 4.79 Å². The SMILES string of the molecule is [C-]#[N+]c1cccc(-c2ccc(OCc3c(C)cccc3-n3nnn(C)c3=O)c(C)c2)n1. The quantitative estimate of drug-likeness (QED) is 0.466. The van der Waals surface area contributed by atoms with Gasteiger partial charge in [-0.3, -0.25) is 0 Å². The van der Waals surface area contributed by atoms with E-state index >= 15 is 0 Å². The first-order valence-electron chi connectivity index (χ1n) is 9.64. The molecule has 0 saturated heterocycles. The third kappa shape index (κ3) is 3.94. The molecule has 0 saturated carbocycles. The highest BCUT2D eigenvalue weighted by Crippen LogP contribution is 2.28. The molecule has 4 rings (SSSR count). The highest BCUT2D eigenvalue weighted by Gasteiger charge is 2.14. The van der Waals surface area contributed by atoms with Gasteiger partial charge in [0.25, 0.3) is 5.82 Å². The van der Waals surface area contributed by atoms with Gasteiger partial charge in [0.2, 0.25) is 0 Å². The standard InChI is InChI=1S/C23H20N6O2/c1-15-7-5-9-20(29-23(30)28(4)26-27-29)18(15)14-31-21-12-11-17(13-16(21)2)19-8-6-10-22(24-3)25-19/h5-13H,14H2,1-2,4H3. The van der Waals surface area contributed by atoms with Crippen molar-refractivity contribution in [1.29, 1.82) is 0 Å². The van der Waals surface area contributed by atoms with Crippen molar-refractivity contribution in [3.05, 3.63) is 93.2 Å². The fourth-order valence-electron chi connectivity index (χ4n) is 3.30. The van der Waals surface area contributed by atoms with Gasteiger partial charge in [0.1, 0.15) is 12.4 Å². The Hall–Kier alpha value is -4.25. The van der Waals surface area contributed by atoms with Crippen molar-refractivity contribution in [2.45, 2.75) is 20.5 Å². The Labute approximate surface area is 179 Å². The zero-order valence-electron chi connectivity index (χ0n) is 17.4. The Bertz CT molecular complexity index is 1360. The molecule has 8 heteroatoms. The van der Waals surface area contributed by atoms with Crippen molar-refractivity contribution in [3.8, 4) is 22.7 Å². The molecule has 0 unspecified atom stereocenters. The Morgan fingerprint density at radius 1 is 1.03 bits per heavy atom. The van der Waals surface area contributed by atoms with E-state index in [1.54, 1.807) is 13.1 Å². The minimum atomic E-state index is -0.318. The second-order valence-corrected chi connectivity index (χ2v) is 7.13. The molecule has 2 aromatic heterocycles. The maximum Gasteiger partial charge on any atom is 0.368 e. The van der Waals surface area contributed by atoms with Gasteiger partial charge in [0.05, 0.1) is 5.69 Å². The number of aromatic nitrogens is 5.